The molecule has 0 aromatic carbocycles. The molecule has 0 radical (unpaired) electrons. The SMILES string of the molecule is O=C1C2CCC1CC1=CCC=C1C2. The van der Waals surface area contributed by atoms with E-state index in [9.17, 15) is 4.79 Å². The first kappa shape index (κ1) is 7.54. The lowest BCUT2D eigenvalue weighted by molar-refractivity contribution is -0.123. The van der Waals surface area contributed by atoms with Gasteiger partial charge in [0.25, 0.3) is 0 Å². The van der Waals surface area contributed by atoms with Gasteiger partial charge in [0.15, 0.2) is 0 Å². The normalized spacial score (nSPS) is 36.8. The first-order chi connectivity index (χ1) is 6.34. The third kappa shape index (κ3) is 1.03. The van der Waals surface area contributed by atoms with Crippen molar-refractivity contribution in [3.63, 3.8) is 0 Å². The first-order valence-electron chi connectivity index (χ1n) is 5.27. The van der Waals surface area contributed by atoms with Crippen molar-refractivity contribution in [1.29, 1.82) is 0 Å². The van der Waals surface area contributed by atoms with Gasteiger partial charge in [-0.25, -0.2) is 0 Å². The summed E-state index contributed by atoms with van der Waals surface area (Å²) in [5, 5.41) is 0. The number of rotatable bonds is 0. The molecule has 3 aliphatic rings. The fraction of sp³-hybridized carbons (Fsp3) is 0.583. The Morgan fingerprint density at radius 3 is 2.08 bits per heavy atom. The predicted molar refractivity (Wildman–Crippen MR) is 51.2 cm³/mol. The van der Waals surface area contributed by atoms with Gasteiger partial charge in [-0.05, 0) is 43.3 Å². The van der Waals surface area contributed by atoms with Crippen LogP contribution in [0.1, 0.15) is 32.1 Å². The van der Waals surface area contributed by atoms with Crippen LogP contribution in [0.5, 0.6) is 0 Å². The first-order valence-corrected chi connectivity index (χ1v) is 5.27. The van der Waals surface area contributed by atoms with E-state index in [1.165, 1.54) is 11.1 Å². The summed E-state index contributed by atoms with van der Waals surface area (Å²) in [6.07, 6.45) is 10.1. The molecular formula is C12H14O. The molecule has 0 spiro atoms. The Balaban J connectivity index is 1.99. The molecule has 0 amide bonds. The summed E-state index contributed by atoms with van der Waals surface area (Å²) < 4.78 is 0. The molecule has 13 heavy (non-hydrogen) atoms. The van der Waals surface area contributed by atoms with E-state index in [1.807, 2.05) is 0 Å². The number of fused-ring (bicyclic) bond motifs is 3. The van der Waals surface area contributed by atoms with Gasteiger partial charge in [-0.1, -0.05) is 12.2 Å². The molecule has 0 saturated heterocycles. The molecule has 2 fully saturated rings. The molecule has 0 N–H and O–H groups in total. The molecule has 2 bridgehead atoms. The number of hydrogen-bond donors (Lipinski definition) is 0. The van der Waals surface area contributed by atoms with Crippen molar-refractivity contribution in [2.75, 3.05) is 0 Å². The lowest BCUT2D eigenvalue weighted by Crippen LogP contribution is -2.10. The van der Waals surface area contributed by atoms with Crippen LogP contribution in [0.3, 0.4) is 0 Å². The number of carbonyl (C=O) groups is 1. The summed E-state index contributed by atoms with van der Waals surface area (Å²) in [5.74, 6) is 1.30. The summed E-state index contributed by atoms with van der Waals surface area (Å²) >= 11 is 0. The van der Waals surface area contributed by atoms with Crippen LogP contribution in [-0.2, 0) is 4.79 Å². The van der Waals surface area contributed by atoms with Crippen molar-refractivity contribution < 1.29 is 4.79 Å². The quantitative estimate of drug-likeness (QED) is 0.551. The summed E-state index contributed by atoms with van der Waals surface area (Å²) in [4.78, 5) is 11.8. The van der Waals surface area contributed by atoms with E-state index >= 15 is 0 Å². The monoisotopic (exact) mass is 174 g/mol. The predicted octanol–water partition coefficient (Wildman–Crippen LogP) is 2.63. The van der Waals surface area contributed by atoms with Gasteiger partial charge in [-0.15, -0.1) is 0 Å². The second kappa shape index (κ2) is 2.57. The Labute approximate surface area is 78.5 Å². The molecular weight excluding hydrogens is 160 g/mol. The van der Waals surface area contributed by atoms with E-state index in [-0.39, 0.29) is 0 Å². The van der Waals surface area contributed by atoms with Crippen molar-refractivity contribution in [2.45, 2.75) is 32.1 Å². The largest absolute Gasteiger partial charge is 0.299 e. The molecule has 1 nitrogen and oxygen atoms in total. The number of allylic oxidation sites excluding steroid dienone is 4. The van der Waals surface area contributed by atoms with E-state index < -0.39 is 0 Å². The van der Waals surface area contributed by atoms with Crippen LogP contribution in [0.25, 0.3) is 0 Å². The van der Waals surface area contributed by atoms with Gasteiger partial charge in [0, 0.05) is 11.8 Å². The highest BCUT2D eigenvalue weighted by molar-refractivity contribution is 5.87. The van der Waals surface area contributed by atoms with Crippen LogP contribution in [0, 0.1) is 11.8 Å². The fourth-order valence-corrected chi connectivity index (χ4v) is 2.99. The Morgan fingerprint density at radius 2 is 1.54 bits per heavy atom. The fourth-order valence-electron chi connectivity index (χ4n) is 2.99. The van der Waals surface area contributed by atoms with Crippen LogP contribution in [0.15, 0.2) is 23.3 Å². The molecule has 1 heteroatoms. The van der Waals surface area contributed by atoms with Gasteiger partial charge < -0.3 is 0 Å². The van der Waals surface area contributed by atoms with Gasteiger partial charge in [0.1, 0.15) is 5.78 Å². The zero-order valence-electron chi connectivity index (χ0n) is 7.75. The number of Topliss-reactive ketones (excluding diaryl/α,β-unsaturated/α-hetero) is 1. The maximum atomic E-state index is 11.8. The topological polar surface area (TPSA) is 17.1 Å². The van der Waals surface area contributed by atoms with E-state index in [2.05, 4.69) is 12.2 Å². The highest BCUT2D eigenvalue weighted by atomic mass is 16.1. The molecule has 0 heterocycles. The number of hydrogen-bond acceptors (Lipinski definition) is 1. The maximum absolute atomic E-state index is 11.8. The van der Waals surface area contributed by atoms with Gasteiger partial charge in [0.05, 0.1) is 0 Å². The van der Waals surface area contributed by atoms with Gasteiger partial charge in [-0.2, -0.15) is 0 Å². The Hall–Kier alpha value is -0.850. The lowest BCUT2D eigenvalue weighted by Gasteiger charge is -2.10. The molecule has 0 aromatic heterocycles. The minimum atomic E-state index is 0.375. The second-order valence-electron chi connectivity index (χ2n) is 4.48. The highest BCUT2D eigenvalue weighted by Crippen LogP contribution is 2.43. The Bertz CT molecular complexity index is 292. The van der Waals surface area contributed by atoms with Gasteiger partial charge in [-0.3, -0.25) is 4.79 Å². The molecule has 3 rings (SSSR count). The smallest absolute Gasteiger partial charge is 0.139 e. The van der Waals surface area contributed by atoms with Crippen LogP contribution in [0.4, 0.5) is 0 Å². The van der Waals surface area contributed by atoms with Crippen molar-refractivity contribution >= 4 is 5.78 Å². The van der Waals surface area contributed by atoms with Crippen molar-refractivity contribution in [3.8, 4) is 0 Å². The van der Waals surface area contributed by atoms with Crippen LogP contribution in [0.2, 0.25) is 0 Å². The zero-order valence-corrected chi connectivity index (χ0v) is 7.75. The third-order valence-electron chi connectivity index (χ3n) is 3.74. The summed E-state index contributed by atoms with van der Waals surface area (Å²) in [6.45, 7) is 0. The van der Waals surface area contributed by atoms with E-state index in [0.29, 0.717) is 17.6 Å². The third-order valence-corrected chi connectivity index (χ3v) is 3.74. The standard InChI is InChI=1S/C12H14O/c13-12-10-4-5-11(12)7-9-3-1-2-8(9)6-10/h2-3,10-11H,1,4-7H2. The molecule has 68 valence electrons. The number of carbonyl (C=O) groups excluding carboxylic acids is 1. The minimum Gasteiger partial charge on any atom is -0.299 e. The molecule has 2 atom stereocenters. The second-order valence-corrected chi connectivity index (χ2v) is 4.48. The lowest BCUT2D eigenvalue weighted by atomic mass is 9.94. The van der Waals surface area contributed by atoms with E-state index in [4.69, 9.17) is 0 Å². The van der Waals surface area contributed by atoms with E-state index in [0.717, 1.165) is 32.1 Å². The van der Waals surface area contributed by atoms with Gasteiger partial charge in [0.2, 0.25) is 0 Å². The van der Waals surface area contributed by atoms with Crippen molar-refractivity contribution in [1.82, 2.24) is 0 Å². The Kier molecular flexibility index (Phi) is 1.49. The average molecular weight is 174 g/mol. The van der Waals surface area contributed by atoms with Crippen LogP contribution < -0.4 is 0 Å². The minimum absolute atomic E-state index is 0.375. The average Bonchev–Trinajstić information content (AvgIpc) is 2.60. The van der Waals surface area contributed by atoms with E-state index in [1.54, 1.807) is 0 Å². The Morgan fingerprint density at radius 1 is 1.00 bits per heavy atom. The van der Waals surface area contributed by atoms with Gasteiger partial charge >= 0.3 is 0 Å². The molecule has 2 saturated carbocycles. The molecule has 2 unspecified atom stereocenters. The molecule has 0 aliphatic heterocycles. The molecule has 3 aliphatic carbocycles. The van der Waals surface area contributed by atoms with Crippen LogP contribution >= 0.6 is 0 Å². The van der Waals surface area contributed by atoms with Crippen LogP contribution in [-0.4, -0.2) is 5.78 Å². The number of ketones is 1. The summed E-state index contributed by atoms with van der Waals surface area (Å²) in [7, 11) is 0. The highest BCUT2D eigenvalue weighted by Gasteiger charge is 2.38. The molecule has 0 aromatic rings. The summed E-state index contributed by atoms with van der Waals surface area (Å²) in [6, 6.07) is 0. The van der Waals surface area contributed by atoms with Crippen molar-refractivity contribution in [3.05, 3.63) is 23.3 Å². The van der Waals surface area contributed by atoms with Crippen molar-refractivity contribution in [2.24, 2.45) is 11.8 Å². The zero-order chi connectivity index (χ0) is 8.84. The maximum Gasteiger partial charge on any atom is 0.139 e. The summed E-state index contributed by atoms with van der Waals surface area (Å²) in [5.41, 5.74) is 2.97.